The number of hydrogen-bond acceptors (Lipinski definition) is 8. The van der Waals surface area contributed by atoms with Gasteiger partial charge in [-0.1, -0.05) is 58.4 Å². The highest BCUT2D eigenvalue weighted by atomic mass is 32.2. The van der Waals surface area contributed by atoms with E-state index >= 15 is 0 Å². The number of likely N-dealkylation sites (tertiary alicyclic amines) is 1. The lowest BCUT2D eigenvalue weighted by Gasteiger charge is -2.50. The zero-order valence-electron chi connectivity index (χ0n) is 27.4. The van der Waals surface area contributed by atoms with Crippen molar-refractivity contribution in [3.05, 3.63) is 12.7 Å². The molecular weight excluding hydrogens is 610 g/mol. The fourth-order valence-corrected chi connectivity index (χ4v) is 11.4. The van der Waals surface area contributed by atoms with Gasteiger partial charge in [-0.2, -0.15) is 0 Å². The minimum absolute atomic E-state index is 0.0268. The second-order valence-electron chi connectivity index (χ2n) is 15.1. The van der Waals surface area contributed by atoms with Crippen LogP contribution in [0.3, 0.4) is 0 Å². The molecule has 2 heterocycles. The molecule has 6 atom stereocenters. The molecular formula is C33H53N5O7S. The topological polar surface area (TPSA) is 174 Å². The number of Topliss-reactive ketones (excluding diaryl/α,β-unsaturated/α-hetero) is 1. The lowest BCUT2D eigenvalue weighted by molar-refractivity contribution is -0.141. The monoisotopic (exact) mass is 663 g/mol. The van der Waals surface area contributed by atoms with Crippen LogP contribution in [-0.2, 0) is 24.2 Å². The van der Waals surface area contributed by atoms with Gasteiger partial charge in [-0.3, -0.25) is 19.7 Å². The first-order chi connectivity index (χ1) is 21.8. The number of sulfone groups is 1. The van der Waals surface area contributed by atoms with Gasteiger partial charge in [0.05, 0.1) is 35.2 Å². The molecule has 13 heteroatoms. The molecule has 0 spiro atoms. The first-order valence-electron chi connectivity index (χ1n) is 17.2. The highest BCUT2D eigenvalue weighted by Crippen LogP contribution is 2.57. The maximum atomic E-state index is 13.7. The van der Waals surface area contributed by atoms with Crippen molar-refractivity contribution in [2.24, 2.45) is 23.2 Å². The molecule has 0 aromatic rings. The predicted octanol–water partition coefficient (Wildman–Crippen LogP) is 1.78. The minimum atomic E-state index is -3.34. The van der Waals surface area contributed by atoms with Crippen molar-refractivity contribution in [2.45, 2.75) is 120 Å². The summed E-state index contributed by atoms with van der Waals surface area (Å²) in [6, 6.07) is -2.10. The van der Waals surface area contributed by atoms with Crippen LogP contribution in [0, 0.1) is 23.2 Å². The average Bonchev–Trinajstić information content (AvgIpc) is 3.76. The van der Waals surface area contributed by atoms with Crippen molar-refractivity contribution in [2.75, 3.05) is 25.4 Å². The van der Waals surface area contributed by atoms with Crippen LogP contribution in [0.1, 0.15) is 90.9 Å². The van der Waals surface area contributed by atoms with Crippen LogP contribution in [0.25, 0.3) is 0 Å². The molecule has 5 N–H and O–H groups in total. The minimum Gasteiger partial charge on any atom is -0.376 e. The highest BCUT2D eigenvalue weighted by Gasteiger charge is 2.60. The van der Waals surface area contributed by atoms with Crippen molar-refractivity contribution in [1.82, 2.24) is 26.2 Å². The van der Waals surface area contributed by atoms with E-state index in [9.17, 15) is 32.7 Å². The fourth-order valence-electron chi connectivity index (χ4n) is 9.00. The largest absolute Gasteiger partial charge is 0.376 e. The van der Waals surface area contributed by atoms with Crippen molar-refractivity contribution >= 4 is 33.5 Å². The van der Waals surface area contributed by atoms with E-state index in [0.29, 0.717) is 44.6 Å². The summed E-state index contributed by atoms with van der Waals surface area (Å²) in [5, 5.41) is 22.3. The Labute approximate surface area is 273 Å². The number of aliphatic hydroxyl groups excluding tert-OH is 1. The molecule has 0 bridgehead atoms. The van der Waals surface area contributed by atoms with Gasteiger partial charge in [0.2, 0.25) is 11.7 Å². The second-order valence-corrected chi connectivity index (χ2v) is 17.4. The Bertz CT molecular complexity index is 1290. The standard InChI is InChI=1S/C33H53N5O7S/c1-4-15-34-30(42)28(40)23(17-21-11-12-21)36-29(41)27-26-22(18-32(26,2)3)20-38(27)25(39)19-35-31(43)37-33(13-7-5-8-14-33)24-10-6-9-16-46(24,44)45/h4,21-24,26-27,29,36,41H,1,5-20H2,2-3H3,(H,34,42)(H2,35,37,43). The summed E-state index contributed by atoms with van der Waals surface area (Å²) in [4.78, 5) is 54.2. The van der Waals surface area contributed by atoms with Crippen LogP contribution < -0.4 is 21.3 Å². The number of rotatable bonds is 13. The molecule has 46 heavy (non-hydrogen) atoms. The number of nitrogens with zero attached hydrogens (tertiary/aromatic N) is 1. The fraction of sp³-hybridized carbons (Fsp3) is 0.818. The number of carbonyl (C=O) groups excluding carboxylic acids is 4. The average molecular weight is 664 g/mol. The van der Waals surface area contributed by atoms with E-state index in [1.54, 1.807) is 4.90 Å². The molecule has 3 saturated carbocycles. The van der Waals surface area contributed by atoms with Crippen molar-refractivity contribution in [1.29, 1.82) is 0 Å². The Hall–Kier alpha value is -2.51. The first-order valence-corrected chi connectivity index (χ1v) is 18.9. The van der Waals surface area contributed by atoms with Gasteiger partial charge in [0, 0.05) is 13.1 Å². The molecule has 4 amide bonds. The zero-order valence-corrected chi connectivity index (χ0v) is 28.2. The maximum Gasteiger partial charge on any atom is 0.315 e. The molecule has 3 aliphatic carbocycles. The van der Waals surface area contributed by atoms with E-state index in [0.717, 1.165) is 44.9 Å². The summed E-state index contributed by atoms with van der Waals surface area (Å²) in [7, 11) is -3.34. The highest BCUT2D eigenvalue weighted by molar-refractivity contribution is 7.92. The lowest BCUT2D eigenvalue weighted by Crippen LogP contribution is -2.63. The van der Waals surface area contributed by atoms with Crippen LogP contribution in [0.4, 0.5) is 4.79 Å². The molecule has 5 aliphatic rings. The summed E-state index contributed by atoms with van der Waals surface area (Å²) in [5.41, 5.74) is -0.987. The molecule has 12 nitrogen and oxygen atoms in total. The van der Waals surface area contributed by atoms with Crippen LogP contribution in [-0.4, -0.2) is 96.5 Å². The summed E-state index contributed by atoms with van der Waals surface area (Å²) in [5.74, 6) is -1.16. The first kappa shape index (κ1) is 34.8. The number of carbonyl (C=O) groups is 4. The van der Waals surface area contributed by atoms with Gasteiger partial charge in [0.15, 0.2) is 9.84 Å². The Kier molecular flexibility index (Phi) is 10.5. The molecule has 5 rings (SSSR count). The molecule has 5 fully saturated rings. The van der Waals surface area contributed by atoms with E-state index in [1.165, 1.54) is 6.08 Å². The van der Waals surface area contributed by atoms with Gasteiger partial charge >= 0.3 is 6.03 Å². The third-order valence-corrected chi connectivity index (χ3v) is 13.7. The summed E-state index contributed by atoms with van der Waals surface area (Å²) >= 11 is 0. The van der Waals surface area contributed by atoms with Gasteiger partial charge in [0.1, 0.15) is 6.23 Å². The smallest absolute Gasteiger partial charge is 0.315 e. The SMILES string of the molecule is C=CCNC(=O)C(=O)C(CC1CC1)NC(O)C1C2C(CN1C(=O)CNC(=O)NC1(C3CCCCS3(=O)=O)CCCCC1)CC2(C)C. The second kappa shape index (κ2) is 13.9. The number of nitrogens with one attached hydrogen (secondary N) is 4. The molecule has 0 aromatic heterocycles. The molecule has 0 radical (unpaired) electrons. The molecule has 2 saturated heterocycles. The molecule has 0 aromatic carbocycles. The Morgan fingerprint density at radius 1 is 1.02 bits per heavy atom. The number of aliphatic hydroxyl groups is 1. The van der Waals surface area contributed by atoms with Crippen LogP contribution in [0.15, 0.2) is 12.7 Å². The number of amides is 4. The van der Waals surface area contributed by atoms with Gasteiger partial charge < -0.3 is 26.0 Å². The third kappa shape index (κ3) is 7.46. The van der Waals surface area contributed by atoms with Crippen molar-refractivity contribution in [3.63, 3.8) is 0 Å². The summed E-state index contributed by atoms with van der Waals surface area (Å²) in [6.07, 6.45) is 9.30. The van der Waals surface area contributed by atoms with Crippen LogP contribution >= 0.6 is 0 Å². The van der Waals surface area contributed by atoms with Gasteiger partial charge in [-0.15, -0.1) is 6.58 Å². The number of urea groups is 1. The lowest BCUT2D eigenvalue weighted by atomic mass is 9.55. The quantitative estimate of drug-likeness (QED) is 0.113. The van der Waals surface area contributed by atoms with E-state index in [4.69, 9.17) is 0 Å². The van der Waals surface area contributed by atoms with Crippen molar-refractivity contribution < 1.29 is 32.7 Å². The molecule has 6 unspecified atom stereocenters. The third-order valence-electron chi connectivity index (χ3n) is 11.3. The number of fused-ring (bicyclic) bond motifs is 1. The Balaban J connectivity index is 1.26. The van der Waals surface area contributed by atoms with Crippen molar-refractivity contribution in [3.8, 4) is 0 Å². The van der Waals surface area contributed by atoms with Crippen LogP contribution in [0.5, 0.6) is 0 Å². The van der Waals surface area contributed by atoms with Gasteiger partial charge in [-0.05, 0) is 61.7 Å². The Morgan fingerprint density at radius 3 is 2.37 bits per heavy atom. The van der Waals surface area contributed by atoms with Gasteiger partial charge in [0.25, 0.3) is 5.91 Å². The molecule has 2 aliphatic heterocycles. The predicted molar refractivity (Wildman–Crippen MR) is 173 cm³/mol. The van der Waals surface area contributed by atoms with E-state index in [1.807, 2.05) is 0 Å². The van der Waals surface area contributed by atoms with E-state index < -0.39 is 56.7 Å². The van der Waals surface area contributed by atoms with Gasteiger partial charge in [-0.25, -0.2) is 13.2 Å². The number of hydrogen-bond donors (Lipinski definition) is 5. The number of ketones is 1. The molecule has 258 valence electrons. The zero-order chi connectivity index (χ0) is 33.3. The van der Waals surface area contributed by atoms with Crippen LogP contribution in [0.2, 0.25) is 0 Å². The van der Waals surface area contributed by atoms with E-state index in [2.05, 4.69) is 41.7 Å². The summed E-state index contributed by atoms with van der Waals surface area (Å²) < 4.78 is 26.2. The maximum absolute atomic E-state index is 13.7. The van der Waals surface area contributed by atoms with E-state index in [-0.39, 0.29) is 42.0 Å². The Morgan fingerprint density at radius 2 is 1.74 bits per heavy atom. The normalized spacial score (nSPS) is 30.5. The summed E-state index contributed by atoms with van der Waals surface area (Å²) in [6.45, 7) is 8.04.